The molecule has 0 aromatic carbocycles. The number of carboxylic acid groups (broad SMARTS) is 1. The number of amides is 2. The number of rotatable bonds is 4. The van der Waals surface area contributed by atoms with Crippen molar-refractivity contribution < 1.29 is 19.5 Å². The van der Waals surface area contributed by atoms with Crippen LogP contribution in [-0.4, -0.2) is 46.9 Å². The number of hydrogen-bond donors (Lipinski definition) is 2. The molecule has 6 nitrogen and oxygen atoms in total. The molecule has 20 heavy (non-hydrogen) atoms. The van der Waals surface area contributed by atoms with Gasteiger partial charge in [-0.1, -0.05) is 13.8 Å². The summed E-state index contributed by atoms with van der Waals surface area (Å²) in [5.41, 5.74) is -0.902. The molecule has 1 saturated carbocycles. The second-order valence-electron chi connectivity index (χ2n) is 7.11. The standard InChI is InChI=1S/C14H24N2O4/c1-13(2,3)15-8(17)7-16(6)11(18)9-10(12(19)20)14(9,4)5/h9-10H,7H2,1-6H3,(H,15,17)(H,19,20). The maximum absolute atomic E-state index is 12.2. The summed E-state index contributed by atoms with van der Waals surface area (Å²) in [7, 11) is 1.53. The van der Waals surface area contributed by atoms with Crippen LogP contribution in [0.5, 0.6) is 0 Å². The lowest BCUT2D eigenvalue weighted by Crippen LogP contribution is -2.46. The van der Waals surface area contributed by atoms with E-state index in [-0.39, 0.29) is 23.9 Å². The Morgan fingerprint density at radius 3 is 2.05 bits per heavy atom. The highest BCUT2D eigenvalue weighted by molar-refractivity contribution is 5.93. The van der Waals surface area contributed by atoms with E-state index < -0.39 is 23.2 Å². The molecule has 0 aromatic heterocycles. The highest BCUT2D eigenvalue weighted by atomic mass is 16.4. The zero-order valence-electron chi connectivity index (χ0n) is 13.0. The van der Waals surface area contributed by atoms with Crippen molar-refractivity contribution in [2.75, 3.05) is 13.6 Å². The Morgan fingerprint density at radius 2 is 1.70 bits per heavy atom. The molecule has 2 N–H and O–H groups in total. The average Bonchev–Trinajstić information content (AvgIpc) is 2.77. The average molecular weight is 284 g/mol. The van der Waals surface area contributed by atoms with Gasteiger partial charge in [0.05, 0.1) is 18.4 Å². The summed E-state index contributed by atoms with van der Waals surface area (Å²) >= 11 is 0. The first kappa shape index (κ1) is 16.5. The Morgan fingerprint density at radius 1 is 1.20 bits per heavy atom. The van der Waals surface area contributed by atoms with Crippen LogP contribution in [0, 0.1) is 17.3 Å². The quantitative estimate of drug-likeness (QED) is 0.796. The van der Waals surface area contributed by atoms with E-state index in [1.54, 1.807) is 13.8 Å². The Labute approximate surface area is 119 Å². The zero-order chi connectivity index (χ0) is 15.9. The Hall–Kier alpha value is -1.59. The first-order chi connectivity index (χ1) is 8.88. The number of aliphatic carboxylic acids is 1. The van der Waals surface area contributed by atoms with E-state index in [2.05, 4.69) is 5.32 Å². The summed E-state index contributed by atoms with van der Waals surface area (Å²) in [5, 5.41) is 11.8. The van der Waals surface area contributed by atoms with Crippen LogP contribution in [0.2, 0.25) is 0 Å². The lowest BCUT2D eigenvalue weighted by molar-refractivity contribution is -0.142. The fourth-order valence-corrected chi connectivity index (χ4v) is 2.55. The Balaban J connectivity index is 2.62. The van der Waals surface area contributed by atoms with Crippen molar-refractivity contribution in [3.63, 3.8) is 0 Å². The van der Waals surface area contributed by atoms with Crippen LogP contribution >= 0.6 is 0 Å². The lowest BCUT2D eigenvalue weighted by atomic mass is 10.1. The topological polar surface area (TPSA) is 86.7 Å². The lowest BCUT2D eigenvalue weighted by Gasteiger charge is -2.23. The minimum atomic E-state index is -0.958. The smallest absolute Gasteiger partial charge is 0.307 e. The van der Waals surface area contributed by atoms with E-state index in [0.717, 1.165) is 0 Å². The number of nitrogens with one attached hydrogen (secondary N) is 1. The van der Waals surface area contributed by atoms with Gasteiger partial charge in [0, 0.05) is 12.6 Å². The van der Waals surface area contributed by atoms with Gasteiger partial charge in [0.15, 0.2) is 0 Å². The molecule has 1 aliphatic carbocycles. The number of carbonyl (C=O) groups excluding carboxylic acids is 2. The molecule has 2 amide bonds. The van der Waals surface area contributed by atoms with Gasteiger partial charge >= 0.3 is 5.97 Å². The molecule has 0 heterocycles. The molecule has 0 saturated heterocycles. The third-order valence-electron chi connectivity index (χ3n) is 3.63. The van der Waals surface area contributed by atoms with Crippen LogP contribution in [0.1, 0.15) is 34.6 Å². The summed E-state index contributed by atoms with van der Waals surface area (Å²) in [6.45, 7) is 9.04. The van der Waals surface area contributed by atoms with Crippen LogP contribution in [0.4, 0.5) is 0 Å². The van der Waals surface area contributed by atoms with E-state index in [1.807, 2.05) is 20.8 Å². The van der Waals surface area contributed by atoms with Gasteiger partial charge in [-0.25, -0.2) is 0 Å². The molecular formula is C14H24N2O4. The minimum absolute atomic E-state index is 0.0605. The fraction of sp³-hybridized carbons (Fsp3) is 0.786. The predicted molar refractivity (Wildman–Crippen MR) is 73.9 cm³/mol. The second-order valence-corrected chi connectivity index (χ2v) is 7.11. The Kier molecular flexibility index (Phi) is 4.17. The van der Waals surface area contributed by atoms with Gasteiger partial charge in [-0.15, -0.1) is 0 Å². The molecule has 1 rings (SSSR count). The molecule has 114 valence electrons. The van der Waals surface area contributed by atoms with E-state index in [1.165, 1.54) is 11.9 Å². The highest BCUT2D eigenvalue weighted by Gasteiger charge is 2.66. The predicted octanol–water partition coefficient (Wildman–Crippen LogP) is 0.716. The summed E-state index contributed by atoms with van der Waals surface area (Å²) < 4.78 is 0. The van der Waals surface area contributed by atoms with E-state index >= 15 is 0 Å². The minimum Gasteiger partial charge on any atom is -0.481 e. The van der Waals surface area contributed by atoms with Crippen LogP contribution < -0.4 is 5.32 Å². The van der Waals surface area contributed by atoms with E-state index in [4.69, 9.17) is 5.11 Å². The number of carbonyl (C=O) groups is 3. The third kappa shape index (κ3) is 3.49. The van der Waals surface area contributed by atoms with Gasteiger partial charge in [-0.3, -0.25) is 14.4 Å². The Bertz CT molecular complexity index is 437. The normalized spacial score (nSPS) is 23.9. The van der Waals surface area contributed by atoms with Gasteiger partial charge in [-0.05, 0) is 26.2 Å². The van der Waals surface area contributed by atoms with Gasteiger partial charge in [0.1, 0.15) is 0 Å². The SMILES string of the molecule is CN(CC(=O)NC(C)(C)C)C(=O)C1C(C(=O)O)C1(C)C. The summed E-state index contributed by atoms with van der Waals surface area (Å²) in [6.07, 6.45) is 0. The van der Waals surface area contributed by atoms with Crippen LogP contribution in [0.25, 0.3) is 0 Å². The maximum atomic E-state index is 12.2. The van der Waals surface area contributed by atoms with Gasteiger partial charge in [-0.2, -0.15) is 0 Å². The first-order valence-corrected chi connectivity index (χ1v) is 6.66. The zero-order valence-corrected chi connectivity index (χ0v) is 13.0. The van der Waals surface area contributed by atoms with Crippen molar-refractivity contribution in [2.45, 2.75) is 40.2 Å². The molecule has 0 spiro atoms. The van der Waals surface area contributed by atoms with Crippen LogP contribution in [0.3, 0.4) is 0 Å². The molecule has 0 aromatic rings. The molecule has 0 aliphatic heterocycles. The largest absolute Gasteiger partial charge is 0.481 e. The fourth-order valence-electron chi connectivity index (χ4n) is 2.55. The number of nitrogens with zero attached hydrogens (tertiary/aromatic N) is 1. The van der Waals surface area contributed by atoms with Gasteiger partial charge < -0.3 is 15.3 Å². The van der Waals surface area contributed by atoms with Crippen LogP contribution in [0.15, 0.2) is 0 Å². The second kappa shape index (κ2) is 5.07. The van der Waals surface area contributed by atoms with Crippen molar-refractivity contribution >= 4 is 17.8 Å². The summed E-state index contributed by atoms with van der Waals surface area (Å²) in [6, 6.07) is 0. The van der Waals surface area contributed by atoms with Crippen molar-refractivity contribution in [1.29, 1.82) is 0 Å². The first-order valence-electron chi connectivity index (χ1n) is 6.66. The highest BCUT2D eigenvalue weighted by Crippen LogP contribution is 2.58. The monoisotopic (exact) mass is 284 g/mol. The molecule has 1 fully saturated rings. The number of hydrogen-bond acceptors (Lipinski definition) is 3. The van der Waals surface area contributed by atoms with Crippen molar-refractivity contribution in [3.05, 3.63) is 0 Å². The number of carboxylic acids is 1. The molecule has 0 radical (unpaired) electrons. The molecule has 2 unspecified atom stereocenters. The number of likely N-dealkylation sites (N-methyl/N-ethyl adjacent to an activating group) is 1. The van der Waals surface area contributed by atoms with Crippen molar-refractivity contribution in [2.24, 2.45) is 17.3 Å². The van der Waals surface area contributed by atoms with E-state index in [9.17, 15) is 14.4 Å². The summed E-state index contributed by atoms with van der Waals surface area (Å²) in [5.74, 6) is -2.71. The maximum Gasteiger partial charge on any atom is 0.307 e. The third-order valence-corrected chi connectivity index (χ3v) is 3.63. The van der Waals surface area contributed by atoms with Gasteiger partial charge in [0.2, 0.25) is 11.8 Å². The molecule has 1 aliphatic rings. The molecule has 2 atom stereocenters. The summed E-state index contributed by atoms with van der Waals surface area (Å²) in [4.78, 5) is 36.4. The van der Waals surface area contributed by atoms with Gasteiger partial charge in [0.25, 0.3) is 0 Å². The molecule has 0 bridgehead atoms. The molecule has 6 heteroatoms. The van der Waals surface area contributed by atoms with Crippen LogP contribution in [-0.2, 0) is 14.4 Å². The van der Waals surface area contributed by atoms with Crippen molar-refractivity contribution in [1.82, 2.24) is 10.2 Å². The van der Waals surface area contributed by atoms with E-state index in [0.29, 0.717) is 0 Å². The molecular weight excluding hydrogens is 260 g/mol. The van der Waals surface area contributed by atoms with Crippen molar-refractivity contribution in [3.8, 4) is 0 Å².